The van der Waals surface area contributed by atoms with Crippen molar-refractivity contribution in [2.45, 2.75) is 20.1 Å². The Bertz CT molecular complexity index is 535. The Morgan fingerprint density at radius 1 is 1.61 bits per heavy atom. The van der Waals surface area contributed by atoms with Crippen molar-refractivity contribution in [1.29, 1.82) is 0 Å². The van der Waals surface area contributed by atoms with Crippen LogP contribution < -0.4 is 16.0 Å². The minimum atomic E-state index is -0.287. The first kappa shape index (κ1) is 12.6. The zero-order chi connectivity index (χ0) is 13.0. The van der Waals surface area contributed by atoms with Crippen LogP contribution >= 0.6 is 11.3 Å². The molecule has 0 fully saturated rings. The number of carbonyl (C=O) groups is 1. The van der Waals surface area contributed by atoms with Crippen molar-refractivity contribution in [3.63, 3.8) is 0 Å². The number of hydrazine groups is 1. The highest BCUT2D eigenvalue weighted by Crippen LogP contribution is 2.18. The minimum Gasteiger partial charge on any atom is -0.485 e. The van der Waals surface area contributed by atoms with Crippen molar-refractivity contribution >= 4 is 17.2 Å². The average molecular weight is 266 g/mol. The lowest BCUT2D eigenvalue weighted by Gasteiger charge is -2.00. The third-order valence-corrected chi connectivity index (χ3v) is 3.39. The minimum absolute atomic E-state index is 0.287. The number of nitrogen functional groups attached to an aromatic ring is 1. The third kappa shape index (κ3) is 2.88. The van der Waals surface area contributed by atoms with Gasteiger partial charge in [-0.3, -0.25) is 14.9 Å². The lowest BCUT2D eigenvalue weighted by molar-refractivity contribution is 0.0957. The lowest BCUT2D eigenvalue weighted by atomic mass is 10.4. The molecular weight excluding hydrogens is 252 g/mol. The molecule has 0 aliphatic heterocycles. The number of ether oxygens (including phenoxy) is 1. The van der Waals surface area contributed by atoms with Gasteiger partial charge < -0.3 is 4.74 Å². The van der Waals surface area contributed by atoms with Crippen LogP contribution in [0.2, 0.25) is 0 Å². The van der Waals surface area contributed by atoms with Crippen LogP contribution in [0.3, 0.4) is 0 Å². The molecule has 18 heavy (non-hydrogen) atoms. The number of nitrogens with two attached hydrogens (primary N) is 1. The van der Waals surface area contributed by atoms with Crippen molar-refractivity contribution in [3.05, 3.63) is 34.3 Å². The molecule has 2 rings (SSSR count). The predicted molar refractivity (Wildman–Crippen MR) is 68.2 cm³/mol. The highest BCUT2D eigenvalue weighted by Gasteiger charge is 2.08. The summed E-state index contributed by atoms with van der Waals surface area (Å²) in [5.41, 5.74) is 2.10. The van der Waals surface area contributed by atoms with Crippen LogP contribution in [0.5, 0.6) is 5.75 Å². The summed E-state index contributed by atoms with van der Waals surface area (Å²) >= 11 is 1.35. The fraction of sp³-hybridized carbons (Fsp3) is 0.273. The van der Waals surface area contributed by atoms with Gasteiger partial charge in [0.05, 0.1) is 17.3 Å². The number of hydrogen-bond acceptors (Lipinski definition) is 5. The lowest BCUT2D eigenvalue weighted by Crippen LogP contribution is -2.29. The van der Waals surface area contributed by atoms with E-state index in [1.54, 1.807) is 16.9 Å². The van der Waals surface area contributed by atoms with Crippen LogP contribution in [0.4, 0.5) is 0 Å². The molecule has 0 radical (unpaired) electrons. The summed E-state index contributed by atoms with van der Waals surface area (Å²) in [6.45, 7) is 3.23. The van der Waals surface area contributed by atoms with Gasteiger partial charge in [-0.05, 0) is 19.1 Å². The quantitative estimate of drug-likeness (QED) is 0.483. The molecule has 0 aromatic carbocycles. The van der Waals surface area contributed by atoms with Crippen molar-refractivity contribution in [1.82, 2.24) is 15.2 Å². The smallest absolute Gasteiger partial charge is 0.275 e. The standard InChI is InChI=1S/C11H14N4O2S/c1-2-15-6-8(5-13-15)17-7-9-3-4-10(18-9)11(16)14-12/h3-6H,2,7,12H2,1H3,(H,14,16). The number of aromatic nitrogens is 2. The van der Waals surface area contributed by atoms with Crippen LogP contribution in [0.25, 0.3) is 0 Å². The molecule has 1 amide bonds. The largest absolute Gasteiger partial charge is 0.485 e. The van der Waals surface area contributed by atoms with Gasteiger partial charge in [0.15, 0.2) is 5.75 Å². The van der Waals surface area contributed by atoms with Gasteiger partial charge in [0.2, 0.25) is 0 Å². The van der Waals surface area contributed by atoms with Crippen LogP contribution in [-0.2, 0) is 13.2 Å². The first-order valence-electron chi connectivity index (χ1n) is 5.48. The number of hydrogen-bond donors (Lipinski definition) is 2. The fourth-order valence-corrected chi connectivity index (χ4v) is 2.22. The number of thiophene rings is 1. The highest BCUT2D eigenvalue weighted by molar-refractivity contribution is 7.14. The molecule has 0 bridgehead atoms. The van der Waals surface area contributed by atoms with Crippen molar-refractivity contribution < 1.29 is 9.53 Å². The van der Waals surface area contributed by atoms with Crippen molar-refractivity contribution in [3.8, 4) is 5.75 Å². The Morgan fingerprint density at radius 2 is 2.44 bits per heavy atom. The molecule has 0 saturated heterocycles. The van der Waals surface area contributed by atoms with E-state index in [9.17, 15) is 4.79 Å². The molecule has 2 heterocycles. The van der Waals surface area contributed by atoms with E-state index in [2.05, 4.69) is 10.5 Å². The molecule has 3 N–H and O–H groups in total. The number of rotatable bonds is 5. The molecule has 2 aromatic heterocycles. The fourth-order valence-electron chi connectivity index (χ4n) is 1.40. The maximum Gasteiger partial charge on any atom is 0.275 e. The Labute approximate surface area is 108 Å². The molecule has 6 nitrogen and oxygen atoms in total. The summed E-state index contributed by atoms with van der Waals surface area (Å²) in [5.74, 6) is 5.49. The topological polar surface area (TPSA) is 82.2 Å². The Hall–Kier alpha value is -1.86. The number of carbonyl (C=O) groups excluding carboxylic acids is 1. The van der Waals surface area contributed by atoms with E-state index in [0.717, 1.165) is 17.2 Å². The molecule has 7 heteroatoms. The van der Waals surface area contributed by atoms with Gasteiger partial charge in [0, 0.05) is 11.4 Å². The molecule has 0 aliphatic carbocycles. The predicted octanol–water partition coefficient (Wildman–Crippen LogP) is 1.15. The maximum atomic E-state index is 11.3. The Morgan fingerprint density at radius 3 is 3.11 bits per heavy atom. The number of aryl methyl sites for hydroxylation is 1. The zero-order valence-electron chi connectivity index (χ0n) is 9.92. The Balaban J connectivity index is 1.93. The van der Waals surface area contributed by atoms with Gasteiger partial charge in [-0.25, -0.2) is 5.84 Å². The molecule has 0 unspecified atom stereocenters. The molecule has 2 aromatic rings. The second-order valence-electron chi connectivity index (χ2n) is 3.56. The van der Waals surface area contributed by atoms with Crippen LogP contribution in [-0.4, -0.2) is 15.7 Å². The first-order chi connectivity index (χ1) is 8.72. The highest BCUT2D eigenvalue weighted by atomic mass is 32.1. The van der Waals surface area contributed by atoms with Gasteiger partial charge in [0.25, 0.3) is 5.91 Å². The second kappa shape index (κ2) is 5.65. The van der Waals surface area contributed by atoms with Crippen LogP contribution in [0, 0.1) is 0 Å². The SMILES string of the molecule is CCn1cc(OCc2ccc(C(=O)NN)s2)cn1. The molecular formula is C11H14N4O2S. The summed E-state index contributed by atoms with van der Waals surface area (Å²) in [5, 5.41) is 4.11. The van der Waals surface area contributed by atoms with Gasteiger partial charge in [0.1, 0.15) is 6.61 Å². The summed E-state index contributed by atoms with van der Waals surface area (Å²) in [6.07, 6.45) is 3.51. The zero-order valence-corrected chi connectivity index (χ0v) is 10.7. The summed E-state index contributed by atoms with van der Waals surface area (Å²) in [7, 11) is 0. The Kier molecular flexibility index (Phi) is 3.96. The molecule has 96 valence electrons. The van der Waals surface area contributed by atoms with E-state index in [0.29, 0.717) is 11.5 Å². The number of nitrogens with one attached hydrogen (secondary N) is 1. The number of amides is 1. The summed E-state index contributed by atoms with van der Waals surface area (Å²) < 4.78 is 7.35. The monoisotopic (exact) mass is 266 g/mol. The van der Waals surface area contributed by atoms with E-state index < -0.39 is 0 Å². The van der Waals surface area contributed by atoms with Crippen molar-refractivity contribution in [2.24, 2.45) is 5.84 Å². The van der Waals surface area contributed by atoms with Gasteiger partial charge in [-0.2, -0.15) is 5.10 Å². The molecule has 0 saturated carbocycles. The van der Waals surface area contributed by atoms with E-state index in [1.165, 1.54) is 11.3 Å². The second-order valence-corrected chi connectivity index (χ2v) is 4.73. The van der Waals surface area contributed by atoms with Gasteiger partial charge in [-0.1, -0.05) is 0 Å². The van der Waals surface area contributed by atoms with E-state index >= 15 is 0 Å². The van der Waals surface area contributed by atoms with E-state index in [4.69, 9.17) is 10.6 Å². The van der Waals surface area contributed by atoms with E-state index in [1.807, 2.05) is 19.2 Å². The maximum absolute atomic E-state index is 11.3. The van der Waals surface area contributed by atoms with Crippen LogP contribution in [0.15, 0.2) is 24.5 Å². The summed E-state index contributed by atoms with van der Waals surface area (Å²) in [4.78, 5) is 12.8. The van der Waals surface area contributed by atoms with Gasteiger partial charge in [-0.15, -0.1) is 11.3 Å². The number of nitrogens with zero attached hydrogens (tertiary/aromatic N) is 2. The third-order valence-electron chi connectivity index (χ3n) is 2.33. The molecule has 0 aliphatic rings. The van der Waals surface area contributed by atoms with Crippen LogP contribution in [0.1, 0.15) is 21.5 Å². The summed E-state index contributed by atoms with van der Waals surface area (Å²) in [6, 6.07) is 3.57. The molecule has 0 spiro atoms. The van der Waals surface area contributed by atoms with E-state index in [-0.39, 0.29) is 5.91 Å². The first-order valence-corrected chi connectivity index (χ1v) is 6.29. The van der Waals surface area contributed by atoms with Gasteiger partial charge >= 0.3 is 0 Å². The van der Waals surface area contributed by atoms with Crippen molar-refractivity contribution in [2.75, 3.05) is 0 Å². The normalized spacial score (nSPS) is 10.3. The average Bonchev–Trinajstić information content (AvgIpc) is 3.04. The molecule has 0 atom stereocenters.